The minimum Gasteiger partial charge on any atom is -0.807 e. The van der Waals surface area contributed by atoms with E-state index in [-0.39, 0.29) is 177 Å². The Morgan fingerprint density at radius 1 is 0.378 bits per heavy atom. The van der Waals surface area contributed by atoms with Crippen molar-refractivity contribution in [1.29, 1.82) is 0 Å². The quantitative estimate of drug-likeness (QED) is 0.187. The second-order valence-corrected chi connectivity index (χ2v) is 13.1. The Labute approximate surface area is 349 Å². The molecule has 0 amide bonds. The Hall–Kier alpha value is 4.54. The molecule has 0 fully saturated rings. The van der Waals surface area contributed by atoms with Gasteiger partial charge >= 0.3 is 177 Å². The molecule has 0 radical (unpaired) electrons. The third kappa shape index (κ3) is 14.5. The van der Waals surface area contributed by atoms with Crippen molar-refractivity contribution in [3.05, 3.63) is 72.8 Å². The van der Waals surface area contributed by atoms with Crippen molar-refractivity contribution in [3.63, 3.8) is 0 Å². The van der Waals surface area contributed by atoms with E-state index in [1.54, 1.807) is 0 Å². The Bertz CT molecular complexity index is 1070. The molecule has 0 aliphatic carbocycles. The minimum absolute atomic E-state index is 0. The largest absolute Gasteiger partial charge is 1.00 e. The second kappa shape index (κ2) is 20.5. The molecule has 19 heteroatoms. The molecular formula is C18H12Na6O9P4. The Morgan fingerprint density at radius 3 is 0.676 bits per heavy atom. The summed E-state index contributed by atoms with van der Waals surface area (Å²) in [5, 5.41) is 0.463. The van der Waals surface area contributed by atoms with Crippen molar-refractivity contribution in [1.82, 2.24) is 0 Å². The van der Waals surface area contributed by atoms with E-state index in [1.165, 1.54) is 36.4 Å². The molecule has 0 atom stereocenters. The molecule has 3 rings (SSSR count). The SMILES string of the molecule is O=P([O-])([O-])c1ccc(P(c2ccc(P(=O)([O-])[O-])cc2)c2ccc(P(=O)([O-])[O-])cc2)cc1.[Na+].[Na+].[Na+].[Na+].[Na+].[Na+]. The predicted molar refractivity (Wildman–Crippen MR) is 107 cm³/mol. The van der Waals surface area contributed by atoms with E-state index in [2.05, 4.69) is 0 Å². The summed E-state index contributed by atoms with van der Waals surface area (Å²) in [6.07, 6.45) is 0. The summed E-state index contributed by atoms with van der Waals surface area (Å²) in [5.41, 5.74) is 0. The van der Waals surface area contributed by atoms with Crippen LogP contribution in [0.4, 0.5) is 0 Å². The topological polar surface area (TPSA) is 190 Å². The van der Waals surface area contributed by atoms with Crippen molar-refractivity contribution in [3.8, 4) is 0 Å². The van der Waals surface area contributed by atoms with Gasteiger partial charge in [0.2, 0.25) is 0 Å². The van der Waals surface area contributed by atoms with Gasteiger partial charge in [0.15, 0.2) is 0 Å². The standard InChI is InChI=1S/C18H18O9P4.6Na/c19-29(20,21)16-7-1-13(2-8-16)28(14-3-9-17(10-4-14)30(22,23)24)15-5-11-18(12-6-15)31(25,26)27;;;;;;/h1-12H,(H2,19,20,21)(H2,22,23,24)(H2,25,26,27);;;;;;/q;6*+1/p-6. The third-order valence-corrected chi connectivity index (χ3v) is 9.51. The molecule has 0 N–H and O–H groups in total. The molecule has 0 heterocycles. The molecule has 0 bridgehead atoms. The van der Waals surface area contributed by atoms with Crippen LogP contribution >= 0.6 is 30.7 Å². The van der Waals surface area contributed by atoms with Gasteiger partial charge in [-0.25, -0.2) is 0 Å². The molecule has 0 aliphatic heterocycles. The van der Waals surface area contributed by atoms with Gasteiger partial charge in [-0.2, -0.15) is 0 Å². The Kier molecular flexibility index (Phi) is 26.9. The number of benzene rings is 3. The van der Waals surface area contributed by atoms with Crippen LogP contribution in [-0.2, 0) is 13.7 Å². The van der Waals surface area contributed by atoms with Crippen LogP contribution < -0.4 is 239 Å². The van der Waals surface area contributed by atoms with Gasteiger partial charge in [-0.1, -0.05) is 72.8 Å². The smallest absolute Gasteiger partial charge is 0.807 e. The minimum atomic E-state index is -4.96. The molecule has 164 valence electrons. The molecule has 0 aliphatic rings. The summed E-state index contributed by atoms with van der Waals surface area (Å²) in [6, 6.07) is 15.4. The second-order valence-electron chi connectivity index (χ2n) is 6.38. The maximum Gasteiger partial charge on any atom is 1.00 e. The van der Waals surface area contributed by atoms with Crippen LogP contribution in [0.2, 0.25) is 0 Å². The van der Waals surface area contributed by atoms with Crippen LogP contribution in [0.15, 0.2) is 72.8 Å². The maximum atomic E-state index is 11.2. The first-order valence-corrected chi connectivity index (χ1v) is 14.4. The summed E-state index contributed by atoms with van der Waals surface area (Å²) >= 11 is 0. The van der Waals surface area contributed by atoms with Crippen molar-refractivity contribution in [2.24, 2.45) is 0 Å². The van der Waals surface area contributed by atoms with Crippen molar-refractivity contribution in [2.45, 2.75) is 0 Å². The zero-order chi connectivity index (χ0) is 23.0. The van der Waals surface area contributed by atoms with E-state index in [9.17, 15) is 43.1 Å². The van der Waals surface area contributed by atoms with Gasteiger partial charge in [-0.15, -0.1) is 0 Å². The molecule has 3 aromatic rings. The molecule has 3 aromatic carbocycles. The number of hydrogen-bond donors (Lipinski definition) is 0. The van der Waals surface area contributed by atoms with E-state index < -0.39 is 46.6 Å². The first kappa shape index (κ1) is 48.4. The van der Waals surface area contributed by atoms with Crippen molar-refractivity contribution >= 4 is 62.5 Å². The Morgan fingerprint density at radius 2 is 0.541 bits per heavy atom. The normalized spacial score (nSPS) is 10.8. The fourth-order valence-electron chi connectivity index (χ4n) is 2.80. The fourth-order valence-corrected chi connectivity index (χ4v) is 6.58. The van der Waals surface area contributed by atoms with Gasteiger partial charge in [0, 0.05) is 0 Å². The molecule has 37 heavy (non-hydrogen) atoms. The summed E-state index contributed by atoms with van der Waals surface area (Å²) in [5.74, 6) is 0. The monoisotopic (exact) mass is 634 g/mol. The number of hydrogen-bond acceptors (Lipinski definition) is 9. The van der Waals surface area contributed by atoms with Crippen LogP contribution in [0.3, 0.4) is 0 Å². The molecule has 0 saturated heterocycles. The maximum absolute atomic E-state index is 11.2. The number of rotatable bonds is 6. The zero-order valence-corrected chi connectivity index (χ0v) is 37.0. The third-order valence-electron chi connectivity index (χ3n) is 4.27. The van der Waals surface area contributed by atoms with Gasteiger partial charge < -0.3 is 43.1 Å². The molecule has 9 nitrogen and oxygen atoms in total. The average Bonchev–Trinajstić information content (AvgIpc) is 2.67. The molecule has 0 saturated carbocycles. The van der Waals surface area contributed by atoms with Gasteiger partial charge in [-0.05, 0) is 62.5 Å². The van der Waals surface area contributed by atoms with Crippen LogP contribution in [0.5, 0.6) is 0 Å². The van der Waals surface area contributed by atoms with E-state index in [4.69, 9.17) is 0 Å². The summed E-state index contributed by atoms with van der Waals surface area (Å²) in [6.45, 7) is 0. The summed E-state index contributed by atoms with van der Waals surface area (Å²) in [4.78, 5) is 67.3. The average molecular weight is 634 g/mol. The Balaban J connectivity index is -0.000000907. The zero-order valence-electron chi connectivity index (χ0n) is 21.4. The first-order valence-electron chi connectivity index (χ1n) is 8.45. The predicted octanol–water partition coefficient (Wildman–Crippen LogP) is -21.9. The van der Waals surface area contributed by atoms with Crippen molar-refractivity contribution < 1.29 is 220 Å². The van der Waals surface area contributed by atoms with E-state index >= 15 is 0 Å². The summed E-state index contributed by atoms with van der Waals surface area (Å²) in [7, 11) is -16.3. The van der Waals surface area contributed by atoms with E-state index in [0.717, 1.165) is 36.4 Å². The molecule has 0 aromatic heterocycles. The molecule has 0 unspecified atom stereocenters. The van der Waals surface area contributed by atoms with Gasteiger partial charge in [0.25, 0.3) is 0 Å². The van der Waals surface area contributed by atoms with Gasteiger partial charge in [0.05, 0.1) is 0 Å². The molecular weight excluding hydrogens is 622 g/mol. The van der Waals surface area contributed by atoms with Gasteiger partial charge in [-0.3, -0.25) is 0 Å². The van der Waals surface area contributed by atoms with Crippen LogP contribution in [0.25, 0.3) is 0 Å². The summed E-state index contributed by atoms with van der Waals surface area (Å²) < 4.78 is 33.7. The molecule has 0 spiro atoms. The van der Waals surface area contributed by atoms with Crippen LogP contribution in [0.1, 0.15) is 0 Å². The van der Waals surface area contributed by atoms with Gasteiger partial charge in [0.1, 0.15) is 0 Å². The van der Waals surface area contributed by atoms with Crippen molar-refractivity contribution in [2.75, 3.05) is 0 Å². The van der Waals surface area contributed by atoms with Crippen LogP contribution in [0, 0.1) is 0 Å². The van der Waals surface area contributed by atoms with E-state index in [1.807, 2.05) is 0 Å². The first-order chi connectivity index (χ1) is 14.3. The fraction of sp³-hybridized carbons (Fsp3) is 0. The van der Waals surface area contributed by atoms with Crippen LogP contribution in [-0.4, -0.2) is 0 Å². The van der Waals surface area contributed by atoms with E-state index in [0.29, 0.717) is 15.9 Å².